The molecule has 8 heteroatoms. The molecule has 0 unspecified atom stereocenters. The van der Waals surface area contributed by atoms with Gasteiger partial charge < -0.3 is 5.32 Å². The number of nitrogens with zero attached hydrogens (tertiary/aromatic N) is 1. The monoisotopic (exact) mass is 382 g/mol. The number of likely N-dealkylation sites (tertiary alicyclic amines) is 1. The third-order valence-electron chi connectivity index (χ3n) is 4.87. The molecule has 0 spiro atoms. The highest BCUT2D eigenvalue weighted by Gasteiger charge is 2.47. The van der Waals surface area contributed by atoms with Crippen molar-refractivity contribution < 1.29 is 23.2 Å². The van der Waals surface area contributed by atoms with Crippen LogP contribution in [0.25, 0.3) is 0 Å². The molecule has 1 aromatic carbocycles. The summed E-state index contributed by atoms with van der Waals surface area (Å²) in [4.78, 5) is 38.4. The number of amides is 3. The molecule has 1 aliphatic heterocycles. The van der Waals surface area contributed by atoms with Crippen LogP contribution in [0.15, 0.2) is 29.2 Å². The fourth-order valence-electron chi connectivity index (χ4n) is 3.65. The van der Waals surface area contributed by atoms with Crippen molar-refractivity contribution in [3.63, 3.8) is 0 Å². The summed E-state index contributed by atoms with van der Waals surface area (Å²) in [7, 11) is 0. The molecule has 3 amide bonds. The largest absolute Gasteiger partial charge is 0.325 e. The highest BCUT2D eigenvalue weighted by molar-refractivity contribution is 7.99. The smallest absolute Gasteiger partial charge is 0.288 e. The lowest BCUT2D eigenvalue weighted by Gasteiger charge is -2.19. The van der Waals surface area contributed by atoms with Crippen LogP contribution in [0.4, 0.5) is 14.5 Å². The summed E-state index contributed by atoms with van der Waals surface area (Å²) in [6.45, 7) is 0.0284. The van der Waals surface area contributed by atoms with Crippen molar-refractivity contribution in [1.29, 1.82) is 0 Å². The average molecular weight is 382 g/mol. The molecule has 2 fully saturated rings. The number of rotatable bonds is 6. The minimum absolute atomic E-state index is 0.0284. The molecule has 1 saturated carbocycles. The van der Waals surface area contributed by atoms with Crippen molar-refractivity contribution in [3.8, 4) is 0 Å². The first kappa shape index (κ1) is 18.8. The Morgan fingerprint density at radius 1 is 1.15 bits per heavy atom. The Morgan fingerprint density at radius 3 is 2.38 bits per heavy atom. The zero-order chi connectivity index (χ0) is 18.7. The van der Waals surface area contributed by atoms with Crippen LogP contribution in [-0.2, 0) is 14.4 Å². The van der Waals surface area contributed by atoms with Crippen LogP contribution < -0.4 is 5.32 Å². The number of nitrogens with one attached hydrogen (secondary N) is 1. The minimum Gasteiger partial charge on any atom is -0.325 e. The number of benzene rings is 1. The van der Waals surface area contributed by atoms with E-state index in [2.05, 4.69) is 5.32 Å². The van der Waals surface area contributed by atoms with Crippen molar-refractivity contribution in [3.05, 3.63) is 24.3 Å². The van der Waals surface area contributed by atoms with Gasteiger partial charge >= 0.3 is 0 Å². The summed E-state index contributed by atoms with van der Waals surface area (Å²) in [6, 6.07) is 6.31. The maximum Gasteiger partial charge on any atom is 0.288 e. The van der Waals surface area contributed by atoms with Crippen LogP contribution in [0.5, 0.6) is 0 Å². The molecular formula is C18H20F2N2O3S. The Morgan fingerprint density at radius 2 is 1.77 bits per heavy atom. The minimum atomic E-state index is -2.59. The van der Waals surface area contributed by atoms with E-state index < -0.39 is 11.7 Å². The van der Waals surface area contributed by atoms with Crippen molar-refractivity contribution in [2.75, 3.05) is 11.9 Å². The lowest BCUT2D eigenvalue weighted by molar-refractivity contribution is -0.140. The molecular weight excluding hydrogens is 362 g/mol. The van der Waals surface area contributed by atoms with Crippen molar-refractivity contribution in [2.45, 2.75) is 42.8 Å². The van der Waals surface area contributed by atoms with E-state index in [-0.39, 0.29) is 41.5 Å². The maximum absolute atomic E-state index is 12.6. The first-order valence-corrected chi connectivity index (χ1v) is 9.54. The fourth-order valence-corrected chi connectivity index (χ4v) is 4.24. The van der Waals surface area contributed by atoms with E-state index >= 15 is 0 Å². The molecule has 1 saturated heterocycles. The van der Waals surface area contributed by atoms with Gasteiger partial charge in [0.2, 0.25) is 17.7 Å². The second kappa shape index (κ2) is 8.16. The van der Waals surface area contributed by atoms with E-state index in [0.717, 1.165) is 25.7 Å². The van der Waals surface area contributed by atoms with Crippen LogP contribution >= 0.6 is 11.8 Å². The summed E-state index contributed by atoms with van der Waals surface area (Å²) in [5, 5.41) is 2.59. The fraction of sp³-hybridized carbons (Fsp3) is 0.500. The SMILES string of the molecule is O=C(CCN1C(=O)[C@@H]2CCCC[C@H]2C1=O)Nc1ccccc1SC(F)F. The maximum atomic E-state index is 12.6. The molecule has 0 radical (unpaired) electrons. The van der Waals surface area contributed by atoms with Gasteiger partial charge in [-0.3, -0.25) is 19.3 Å². The van der Waals surface area contributed by atoms with E-state index in [0.29, 0.717) is 17.4 Å². The number of alkyl halides is 2. The predicted molar refractivity (Wildman–Crippen MR) is 93.7 cm³/mol. The lowest BCUT2D eigenvalue weighted by Crippen LogP contribution is -2.34. The molecule has 1 aliphatic carbocycles. The van der Waals surface area contributed by atoms with Crippen molar-refractivity contribution in [2.24, 2.45) is 11.8 Å². The molecule has 0 bridgehead atoms. The summed E-state index contributed by atoms with van der Waals surface area (Å²) in [6.07, 6.45) is 3.32. The molecule has 1 heterocycles. The number of hydrogen-bond acceptors (Lipinski definition) is 4. The first-order chi connectivity index (χ1) is 12.5. The number of thioether (sulfide) groups is 1. The van der Waals surface area contributed by atoms with Gasteiger partial charge in [-0.2, -0.15) is 8.78 Å². The lowest BCUT2D eigenvalue weighted by atomic mass is 9.81. The summed E-state index contributed by atoms with van der Waals surface area (Å²) < 4.78 is 25.2. The number of carbonyl (C=O) groups excluding carboxylic acids is 3. The second-order valence-electron chi connectivity index (χ2n) is 6.50. The van der Waals surface area contributed by atoms with Gasteiger partial charge in [-0.25, -0.2) is 0 Å². The quantitative estimate of drug-likeness (QED) is 0.604. The van der Waals surface area contributed by atoms with E-state index in [1.165, 1.54) is 11.0 Å². The normalized spacial score (nSPS) is 22.7. The molecule has 26 heavy (non-hydrogen) atoms. The van der Waals surface area contributed by atoms with Gasteiger partial charge in [0, 0.05) is 17.9 Å². The Hall–Kier alpha value is -1.96. The number of para-hydroxylation sites is 1. The van der Waals surface area contributed by atoms with Crippen LogP contribution in [0.3, 0.4) is 0 Å². The Balaban J connectivity index is 1.58. The summed E-state index contributed by atoms with van der Waals surface area (Å²) >= 11 is 0.358. The molecule has 3 rings (SSSR count). The van der Waals surface area contributed by atoms with Crippen LogP contribution in [0, 0.1) is 11.8 Å². The predicted octanol–water partition coefficient (Wildman–Crippen LogP) is 3.51. The number of fused-ring (bicyclic) bond motifs is 1. The van der Waals surface area contributed by atoms with E-state index in [9.17, 15) is 23.2 Å². The van der Waals surface area contributed by atoms with Crippen LogP contribution in [-0.4, -0.2) is 34.9 Å². The van der Waals surface area contributed by atoms with Crippen LogP contribution in [0.2, 0.25) is 0 Å². The third-order valence-corrected chi connectivity index (χ3v) is 5.66. The van der Waals surface area contributed by atoms with Gasteiger partial charge in [0.05, 0.1) is 17.5 Å². The van der Waals surface area contributed by atoms with Crippen LogP contribution in [0.1, 0.15) is 32.1 Å². The second-order valence-corrected chi connectivity index (χ2v) is 7.53. The molecule has 1 aromatic rings. The van der Waals surface area contributed by atoms with Gasteiger partial charge in [0.15, 0.2) is 0 Å². The zero-order valence-corrected chi connectivity index (χ0v) is 14.9. The molecule has 140 valence electrons. The van der Waals surface area contributed by atoms with Crippen molar-refractivity contribution in [1.82, 2.24) is 4.90 Å². The van der Waals surface area contributed by atoms with Gasteiger partial charge in [0.25, 0.3) is 5.76 Å². The highest BCUT2D eigenvalue weighted by Crippen LogP contribution is 2.38. The number of hydrogen-bond donors (Lipinski definition) is 1. The topological polar surface area (TPSA) is 66.5 Å². The standard InChI is InChI=1S/C18H20F2N2O3S/c19-18(20)26-14-8-4-3-7-13(14)21-15(23)9-10-22-16(24)11-5-1-2-6-12(11)17(22)25/h3-4,7-8,11-12,18H,1-2,5-6,9-10H2,(H,21,23)/t11-,12-/m1/s1. The zero-order valence-electron chi connectivity index (χ0n) is 14.1. The molecule has 2 atom stereocenters. The van der Waals surface area contributed by atoms with E-state index in [1.54, 1.807) is 18.2 Å². The number of anilines is 1. The van der Waals surface area contributed by atoms with Gasteiger partial charge in [-0.1, -0.05) is 36.7 Å². The third kappa shape index (κ3) is 4.06. The Labute approximate surface area is 154 Å². The number of halogens is 2. The van der Waals surface area contributed by atoms with Gasteiger partial charge in [-0.15, -0.1) is 0 Å². The van der Waals surface area contributed by atoms with Gasteiger partial charge in [0.1, 0.15) is 0 Å². The van der Waals surface area contributed by atoms with E-state index in [1.807, 2.05) is 0 Å². The van der Waals surface area contributed by atoms with Crippen molar-refractivity contribution >= 4 is 35.2 Å². The molecule has 1 N–H and O–H groups in total. The Bertz CT molecular complexity index is 689. The van der Waals surface area contributed by atoms with E-state index in [4.69, 9.17) is 0 Å². The summed E-state index contributed by atoms with van der Waals surface area (Å²) in [5.41, 5.74) is 0.301. The average Bonchev–Trinajstić information content (AvgIpc) is 2.86. The number of carbonyl (C=O) groups is 3. The van der Waals surface area contributed by atoms with Gasteiger partial charge in [-0.05, 0) is 25.0 Å². The summed E-state index contributed by atoms with van der Waals surface area (Å²) in [5.74, 6) is -3.83. The first-order valence-electron chi connectivity index (χ1n) is 8.66. The molecule has 0 aromatic heterocycles. The Kier molecular flexibility index (Phi) is 5.90. The number of imide groups is 1. The highest BCUT2D eigenvalue weighted by atomic mass is 32.2. The molecule has 5 nitrogen and oxygen atoms in total. The molecule has 2 aliphatic rings.